The summed E-state index contributed by atoms with van der Waals surface area (Å²) in [6, 6.07) is 1.60. The normalized spacial score (nSPS) is 9.44. The molecular weight excluding hydrogens is 116 g/mol. The fourth-order valence-corrected chi connectivity index (χ4v) is 0.593. The van der Waals surface area contributed by atoms with Gasteiger partial charge >= 0.3 is 0 Å². The van der Waals surface area contributed by atoms with Crippen molar-refractivity contribution in [3.8, 4) is 0 Å². The second-order valence-electron chi connectivity index (χ2n) is 1.70. The van der Waals surface area contributed by atoms with Gasteiger partial charge in [-0.2, -0.15) is 5.10 Å². The molecule has 9 heavy (non-hydrogen) atoms. The van der Waals surface area contributed by atoms with Crippen molar-refractivity contribution in [2.45, 2.75) is 13.3 Å². The average molecular weight is 123 g/mol. The van der Waals surface area contributed by atoms with Gasteiger partial charge in [0.05, 0.1) is 0 Å². The summed E-state index contributed by atoms with van der Waals surface area (Å²) >= 11 is 0. The third kappa shape index (κ3) is 1.16. The van der Waals surface area contributed by atoms with Crippen LogP contribution in [-0.2, 0) is 6.42 Å². The monoisotopic (exact) mass is 123 g/mol. The minimum atomic E-state index is -0.115. The van der Waals surface area contributed by atoms with Crippen molar-refractivity contribution in [2.75, 3.05) is 0 Å². The lowest BCUT2D eigenvalue weighted by atomic mass is 10.2. The molecule has 1 heterocycles. The van der Waals surface area contributed by atoms with E-state index in [4.69, 9.17) is 0 Å². The van der Waals surface area contributed by atoms with E-state index in [2.05, 4.69) is 16.4 Å². The fourth-order valence-electron chi connectivity index (χ4n) is 0.593. The molecule has 0 spiro atoms. The second kappa shape index (κ2) is 2.44. The molecule has 0 amide bonds. The van der Waals surface area contributed by atoms with E-state index in [9.17, 15) is 4.79 Å². The first kappa shape index (κ1) is 6.01. The number of hydrogen-bond donors (Lipinski definition) is 1. The molecule has 0 aromatic carbocycles. The minimum absolute atomic E-state index is 0.115. The SMILES string of the molecule is CCc1c[c]n[nH]c1=O. The Morgan fingerprint density at radius 2 is 2.67 bits per heavy atom. The summed E-state index contributed by atoms with van der Waals surface area (Å²) in [5, 5.41) is 5.72. The van der Waals surface area contributed by atoms with Crippen LogP contribution in [0.15, 0.2) is 10.9 Å². The molecule has 1 N–H and O–H groups in total. The summed E-state index contributed by atoms with van der Waals surface area (Å²) in [5.41, 5.74) is 0.612. The Labute approximate surface area is 52.7 Å². The zero-order chi connectivity index (χ0) is 6.69. The van der Waals surface area contributed by atoms with Crippen LogP contribution in [0.25, 0.3) is 0 Å². The van der Waals surface area contributed by atoms with Crippen LogP contribution in [-0.4, -0.2) is 10.2 Å². The Morgan fingerprint density at radius 3 is 3.11 bits per heavy atom. The van der Waals surface area contributed by atoms with Gasteiger partial charge in [-0.15, -0.1) is 0 Å². The fraction of sp³-hybridized carbons (Fsp3) is 0.333. The summed E-state index contributed by atoms with van der Waals surface area (Å²) in [7, 11) is 0. The highest BCUT2D eigenvalue weighted by Crippen LogP contribution is 1.84. The van der Waals surface area contributed by atoms with Gasteiger partial charge in [0.1, 0.15) is 6.20 Å². The lowest BCUT2D eigenvalue weighted by Crippen LogP contribution is -2.11. The van der Waals surface area contributed by atoms with E-state index in [1.54, 1.807) is 6.07 Å². The van der Waals surface area contributed by atoms with Gasteiger partial charge in [-0.05, 0) is 12.5 Å². The standard InChI is InChI=1S/C6H7N2O/c1-2-5-3-4-7-8-6(5)9/h3H,2H2,1H3,(H,8,9). The van der Waals surface area contributed by atoms with Crippen LogP contribution in [0.5, 0.6) is 0 Å². The lowest BCUT2D eigenvalue weighted by molar-refractivity contribution is 0.932. The van der Waals surface area contributed by atoms with Gasteiger partial charge in [0, 0.05) is 5.56 Å². The van der Waals surface area contributed by atoms with Crippen molar-refractivity contribution in [3.05, 3.63) is 28.2 Å². The average Bonchev–Trinajstić information content (AvgIpc) is 1.89. The molecule has 0 bridgehead atoms. The van der Waals surface area contributed by atoms with Gasteiger partial charge in [-0.3, -0.25) is 4.79 Å². The molecule has 1 radical (unpaired) electrons. The van der Waals surface area contributed by atoms with Gasteiger partial charge in [-0.1, -0.05) is 6.92 Å². The maximum Gasteiger partial charge on any atom is 0.267 e. The molecule has 3 heteroatoms. The number of H-pyrrole nitrogens is 1. The van der Waals surface area contributed by atoms with E-state index in [1.165, 1.54) is 0 Å². The van der Waals surface area contributed by atoms with Crippen LogP contribution in [0.3, 0.4) is 0 Å². The van der Waals surface area contributed by atoms with Crippen molar-refractivity contribution in [3.63, 3.8) is 0 Å². The first-order chi connectivity index (χ1) is 4.34. The predicted molar refractivity (Wildman–Crippen MR) is 33.1 cm³/mol. The van der Waals surface area contributed by atoms with Crippen LogP contribution in [0, 0.1) is 6.20 Å². The molecule has 0 atom stereocenters. The van der Waals surface area contributed by atoms with Crippen LogP contribution in [0.1, 0.15) is 12.5 Å². The van der Waals surface area contributed by atoms with Crippen molar-refractivity contribution >= 4 is 0 Å². The number of rotatable bonds is 1. The van der Waals surface area contributed by atoms with Gasteiger partial charge in [-0.25, -0.2) is 5.10 Å². The van der Waals surface area contributed by atoms with Crippen molar-refractivity contribution in [2.24, 2.45) is 0 Å². The van der Waals surface area contributed by atoms with Crippen molar-refractivity contribution < 1.29 is 0 Å². The number of nitrogens with zero attached hydrogens (tertiary/aromatic N) is 1. The summed E-state index contributed by atoms with van der Waals surface area (Å²) < 4.78 is 0. The second-order valence-corrected chi connectivity index (χ2v) is 1.70. The Kier molecular flexibility index (Phi) is 1.63. The number of aromatic amines is 1. The molecule has 0 saturated heterocycles. The molecule has 0 aliphatic carbocycles. The maximum absolute atomic E-state index is 10.7. The molecule has 1 aromatic heterocycles. The highest BCUT2D eigenvalue weighted by Gasteiger charge is 1.91. The zero-order valence-corrected chi connectivity index (χ0v) is 5.14. The van der Waals surface area contributed by atoms with Crippen LogP contribution < -0.4 is 5.56 Å². The van der Waals surface area contributed by atoms with Gasteiger partial charge in [0.2, 0.25) is 0 Å². The predicted octanol–water partition coefficient (Wildman–Crippen LogP) is 0.132. The van der Waals surface area contributed by atoms with E-state index in [0.29, 0.717) is 0 Å². The first-order valence-corrected chi connectivity index (χ1v) is 2.79. The van der Waals surface area contributed by atoms with E-state index >= 15 is 0 Å². The van der Waals surface area contributed by atoms with Gasteiger partial charge in [0.25, 0.3) is 5.56 Å². The molecule has 3 nitrogen and oxygen atoms in total. The molecule has 0 fully saturated rings. The van der Waals surface area contributed by atoms with Crippen molar-refractivity contribution in [1.82, 2.24) is 10.2 Å². The molecule has 0 saturated carbocycles. The summed E-state index contributed by atoms with van der Waals surface area (Å²) in [6.07, 6.45) is 3.28. The third-order valence-electron chi connectivity index (χ3n) is 1.13. The molecule has 1 aromatic rings. The zero-order valence-electron chi connectivity index (χ0n) is 5.14. The smallest absolute Gasteiger partial charge is 0.267 e. The molecule has 0 unspecified atom stereocenters. The van der Waals surface area contributed by atoms with Crippen LogP contribution >= 0.6 is 0 Å². The molecule has 47 valence electrons. The minimum Gasteiger partial charge on any atom is -0.268 e. The Hall–Kier alpha value is -1.12. The maximum atomic E-state index is 10.7. The summed E-state index contributed by atoms with van der Waals surface area (Å²) in [4.78, 5) is 10.7. The molecule has 0 aliphatic heterocycles. The van der Waals surface area contributed by atoms with Gasteiger partial charge < -0.3 is 0 Å². The quantitative estimate of drug-likeness (QED) is 0.577. The van der Waals surface area contributed by atoms with Crippen LogP contribution in [0.4, 0.5) is 0 Å². The molecule has 0 aliphatic rings. The van der Waals surface area contributed by atoms with Gasteiger partial charge in [0.15, 0.2) is 0 Å². The lowest BCUT2D eigenvalue weighted by Gasteiger charge is -1.88. The highest BCUT2D eigenvalue weighted by atomic mass is 16.1. The first-order valence-electron chi connectivity index (χ1n) is 2.79. The topological polar surface area (TPSA) is 45.8 Å². The number of hydrogen-bond acceptors (Lipinski definition) is 2. The summed E-state index contributed by atoms with van der Waals surface area (Å²) in [6.45, 7) is 1.92. The summed E-state index contributed by atoms with van der Waals surface area (Å²) in [5.74, 6) is 0. The molecule has 1 rings (SSSR count). The van der Waals surface area contributed by atoms with E-state index in [-0.39, 0.29) is 5.56 Å². The van der Waals surface area contributed by atoms with E-state index in [1.807, 2.05) is 6.92 Å². The Balaban J connectivity index is 3.16. The molecular formula is C6H7N2O. The number of aromatic nitrogens is 2. The van der Waals surface area contributed by atoms with E-state index in [0.717, 1.165) is 12.0 Å². The third-order valence-corrected chi connectivity index (χ3v) is 1.13. The largest absolute Gasteiger partial charge is 0.268 e. The number of aryl methyl sites for hydroxylation is 1. The van der Waals surface area contributed by atoms with E-state index < -0.39 is 0 Å². The van der Waals surface area contributed by atoms with Crippen LogP contribution in [0.2, 0.25) is 0 Å². The van der Waals surface area contributed by atoms with Crippen molar-refractivity contribution in [1.29, 1.82) is 0 Å². The Bertz CT molecular complexity index is 241. The Morgan fingerprint density at radius 1 is 1.89 bits per heavy atom. The number of nitrogens with one attached hydrogen (secondary N) is 1. The highest BCUT2D eigenvalue weighted by molar-refractivity contribution is 5.03.